The fraction of sp³-hybridized carbons (Fsp3) is 0.667. The molecule has 1 aromatic rings. The fourth-order valence-electron chi connectivity index (χ4n) is 3.40. The Morgan fingerprint density at radius 1 is 1.10 bits per heavy atom. The van der Waals surface area contributed by atoms with Crippen molar-refractivity contribution in [2.24, 2.45) is 0 Å². The molecule has 0 bridgehead atoms. The highest BCUT2D eigenvalue weighted by Gasteiger charge is 2.36. The molecule has 0 spiro atoms. The molecule has 20 heavy (non-hydrogen) atoms. The van der Waals surface area contributed by atoms with Gasteiger partial charge in [0, 0.05) is 24.7 Å². The van der Waals surface area contributed by atoms with Gasteiger partial charge in [-0.15, -0.1) is 0 Å². The van der Waals surface area contributed by atoms with Gasteiger partial charge in [-0.25, -0.2) is 0 Å². The van der Waals surface area contributed by atoms with E-state index in [9.17, 15) is 0 Å². The number of rotatable bonds is 5. The van der Waals surface area contributed by atoms with Crippen molar-refractivity contribution in [1.29, 1.82) is 0 Å². The maximum absolute atomic E-state index is 2.62. The summed E-state index contributed by atoms with van der Waals surface area (Å²) in [5.41, 5.74) is 1.86. The van der Waals surface area contributed by atoms with Crippen molar-refractivity contribution >= 4 is 0 Å². The normalized spacial score (nSPS) is 19.7. The summed E-state index contributed by atoms with van der Waals surface area (Å²) in [5, 5.41) is 0. The highest BCUT2D eigenvalue weighted by Crippen LogP contribution is 2.32. The van der Waals surface area contributed by atoms with Crippen LogP contribution in [0.25, 0.3) is 0 Å². The maximum Gasteiger partial charge on any atom is 0.0231 e. The first-order valence-electron chi connectivity index (χ1n) is 7.99. The van der Waals surface area contributed by atoms with Crippen LogP contribution < -0.4 is 0 Å². The number of hydrogen-bond acceptors (Lipinski definition) is 2. The third-order valence-corrected chi connectivity index (χ3v) is 5.13. The largest absolute Gasteiger partial charge is 0.304 e. The molecule has 0 amide bonds. The molecule has 0 radical (unpaired) electrons. The van der Waals surface area contributed by atoms with Crippen molar-refractivity contribution in [3.8, 4) is 0 Å². The van der Waals surface area contributed by atoms with Crippen molar-refractivity contribution < 1.29 is 0 Å². The lowest BCUT2D eigenvalue weighted by Gasteiger charge is -2.47. The molecule has 0 unspecified atom stereocenters. The van der Waals surface area contributed by atoms with Crippen LogP contribution in [-0.4, -0.2) is 48.6 Å². The summed E-state index contributed by atoms with van der Waals surface area (Å²) in [6, 6.07) is 11.6. The molecule has 112 valence electrons. The van der Waals surface area contributed by atoms with Gasteiger partial charge >= 0.3 is 0 Å². The molecule has 1 aliphatic heterocycles. The quantitative estimate of drug-likeness (QED) is 0.812. The molecule has 1 aromatic carbocycles. The predicted molar refractivity (Wildman–Crippen MR) is 87.1 cm³/mol. The van der Waals surface area contributed by atoms with Gasteiger partial charge in [-0.2, -0.15) is 0 Å². The van der Waals surface area contributed by atoms with Crippen LogP contribution in [-0.2, 0) is 6.42 Å². The van der Waals surface area contributed by atoms with Gasteiger partial charge in [0.2, 0.25) is 0 Å². The van der Waals surface area contributed by atoms with E-state index in [2.05, 4.69) is 68.1 Å². The van der Waals surface area contributed by atoms with Crippen LogP contribution in [0.3, 0.4) is 0 Å². The Balaban J connectivity index is 1.97. The van der Waals surface area contributed by atoms with Crippen LogP contribution in [0.4, 0.5) is 0 Å². The number of likely N-dealkylation sites (tertiary alicyclic amines) is 1. The number of hydrogen-bond donors (Lipinski definition) is 0. The zero-order chi connectivity index (χ0) is 14.6. The summed E-state index contributed by atoms with van der Waals surface area (Å²) in [7, 11) is 4.52. The van der Waals surface area contributed by atoms with Crippen molar-refractivity contribution in [2.45, 2.75) is 51.1 Å². The summed E-state index contributed by atoms with van der Waals surface area (Å²) < 4.78 is 0. The molecule has 1 fully saturated rings. The van der Waals surface area contributed by atoms with Crippen molar-refractivity contribution in [1.82, 2.24) is 9.80 Å². The van der Waals surface area contributed by atoms with Crippen LogP contribution in [0.2, 0.25) is 0 Å². The van der Waals surface area contributed by atoms with E-state index in [1.165, 1.54) is 44.3 Å². The minimum Gasteiger partial charge on any atom is -0.304 e. The van der Waals surface area contributed by atoms with E-state index < -0.39 is 0 Å². The zero-order valence-corrected chi connectivity index (χ0v) is 13.6. The summed E-state index contributed by atoms with van der Waals surface area (Å²) in [6.07, 6.45) is 5.06. The van der Waals surface area contributed by atoms with Crippen molar-refractivity contribution in [2.75, 3.05) is 27.2 Å². The van der Waals surface area contributed by atoms with Crippen LogP contribution in [0, 0.1) is 0 Å². The first-order valence-corrected chi connectivity index (χ1v) is 7.99. The number of nitrogens with zero attached hydrogens (tertiary/aromatic N) is 2. The lowest BCUT2D eigenvalue weighted by molar-refractivity contribution is 0.0378. The standard InChI is InChI=1S/C18H30N2/c1-16(2)20-14-12-18(13-15-20,19(3)4)11-10-17-8-6-5-7-9-17/h5-9,16H,10-15H2,1-4H3. The second kappa shape index (κ2) is 6.73. The number of benzene rings is 1. The Bertz CT molecular complexity index is 389. The molecule has 0 N–H and O–H groups in total. The van der Waals surface area contributed by atoms with Crippen molar-refractivity contribution in [3.05, 3.63) is 35.9 Å². The van der Waals surface area contributed by atoms with E-state index >= 15 is 0 Å². The highest BCUT2D eigenvalue weighted by molar-refractivity contribution is 5.15. The summed E-state index contributed by atoms with van der Waals surface area (Å²) in [5.74, 6) is 0. The summed E-state index contributed by atoms with van der Waals surface area (Å²) >= 11 is 0. The smallest absolute Gasteiger partial charge is 0.0231 e. The van der Waals surface area contributed by atoms with E-state index in [1.54, 1.807) is 0 Å². The topological polar surface area (TPSA) is 6.48 Å². The van der Waals surface area contributed by atoms with Crippen LogP contribution >= 0.6 is 0 Å². The van der Waals surface area contributed by atoms with E-state index in [-0.39, 0.29) is 0 Å². The number of piperidine rings is 1. The van der Waals surface area contributed by atoms with Gasteiger partial charge in [-0.05, 0) is 59.2 Å². The third kappa shape index (κ3) is 3.62. The van der Waals surface area contributed by atoms with E-state index in [0.29, 0.717) is 11.6 Å². The number of aryl methyl sites for hydroxylation is 1. The highest BCUT2D eigenvalue weighted by atomic mass is 15.2. The molecular weight excluding hydrogens is 244 g/mol. The Labute approximate surface area is 124 Å². The second-order valence-corrected chi connectivity index (χ2v) is 6.73. The third-order valence-electron chi connectivity index (χ3n) is 5.13. The van der Waals surface area contributed by atoms with Crippen LogP contribution in [0.5, 0.6) is 0 Å². The molecule has 1 heterocycles. The van der Waals surface area contributed by atoms with E-state index in [1.807, 2.05) is 0 Å². The molecule has 0 saturated carbocycles. The zero-order valence-electron chi connectivity index (χ0n) is 13.6. The van der Waals surface area contributed by atoms with Crippen molar-refractivity contribution in [3.63, 3.8) is 0 Å². The van der Waals surface area contributed by atoms with Crippen LogP contribution in [0.1, 0.15) is 38.7 Å². The Morgan fingerprint density at radius 2 is 1.70 bits per heavy atom. The van der Waals surface area contributed by atoms with Gasteiger partial charge < -0.3 is 9.80 Å². The molecule has 2 nitrogen and oxygen atoms in total. The minimum atomic E-state index is 0.390. The van der Waals surface area contributed by atoms with Gasteiger partial charge in [-0.1, -0.05) is 30.3 Å². The van der Waals surface area contributed by atoms with Gasteiger partial charge in [-0.3, -0.25) is 0 Å². The molecule has 0 aromatic heterocycles. The lowest BCUT2D eigenvalue weighted by Crippen LogP contribution is -2.54. The van der Waals surface area contributed by atoms with Gasteiger partial charge in [0.15, 0.2) is 0 Å². The van der Waals surface area contributed by atoms with Gasteiger partial charge in [0.1, 0.15) is 0 Å². The first kappa shape index (κ1) is 15.5. The van der Waals surface area contributed by atoms with Crippen LogP contribution in [0.15, 0.2) is 30.3 Å². The Morgan fingerprint density at radius 3 is 2.20 bits per heavy atom. The average Bonchev–Trinajstić information content (AvgIpc) is 2.46. The SMILES string of the molecule is CC(C)N1CCC(CCc2ccccc2)(N(C)C)CC1. The Kier molecular flexibility index (Phi) is 5.22. The van der Waals surface area contributed by atoms with E-state index in [4.69, 9.17) is 0 Å². The molecule has 0 aliphatic carbocycles. The average molecular weight is 274 g/mol. The fourth-order valence-corrected chi connectivity index (χ4v) is 3.40. The first-order chi connectivity index (χ1) is 9.53. The van der Waals surface area contributed by atoms with Gasteiger partial charge in [0.25, 0.3) is 0 Å². The van der Waals surface area contributed by atoms with Gasteiger partial charge in [0.05, 0.1) is 0 Å². The molecule has 2 rings (SSSR count). The van der Waals surface area contributed by atoms with E-state index in [0.717, 1.165) is 0 Å². The predicted octanol–water partition coefficient (Wildman–Crippen LogP) is 3.42. The molecule has 2 heteroatoms. The molecular formula is C18H30N2. The molecule has 0 atom stereocenters. The molecule has 1 saturated heterocycles. The maximum atomic E-state index is 2.62. The summed E-state index contributed by atoms with van der Waals surface area (Å²) in [6.45, 7) is 7.11. The Hall–Kier alpha value is -0.860. The minimum absolute atomic E-state index is 0.390. The second-order valence-electron chi connectivity index (χ2n) is 6.73. The lowest BCUT2D eigenvalue weighted by atomic mass is 9.81. The summed E-state index contributed by atoms with van der Waals surface area (Å²) in [4.78, 5) is 5.10. The molecule has 1 aliphatic rings. The monoisotopic (exact) mass is 274 g/mol.